The van der Waals surface area contributed by atoms with Gasteiger partial charge in [0, 0.05) is 13.1 Å². The molecule has 0 saturated carbocycles. The maximum atomic E-state index is 11.0. The van der Waals surface area contributed by atoms with Crippen molar-refractivity contribution >= 4 is 17.0 Å². The number of likely N-dealkylation sites (N-methyl/N-ethyl adjacent to an activating group) is 1. The van der Waals surface area contributed by atoms with Crippen LogP contribution >= 0.6 is 0 Å². The minimum Gasteiger partial charge on any atom is -0.478 e. The third-order valence-electron chi connectivity index (χ3n) is 3.72. The number of aryl methyl sites for hydroxylation is 1. The molecule has 0 amide bonds. The molecule has 0 atom stereocenters. The molecule has 1 aromatic carbocycles. The van der Waals surface area contributed by atoms with Crippen molar-refractivity contribution in [3.05, 3.63) is 29.6 Å². The number of hydrogen-bond acceptors (Lipinski definition) is 3. The average Bonchev–Trinajstić information content (AvgIpc) is 2.75. The summed E-state index contributed by atoms with van der Waals surface area (Å²) in [5.41, 5.74) is 2.03. The van der Waals surface area contributed by atoms with Crippen molar-refractivity contribution in [2.45, 2.75) is 27.3 Å². The summed E-state index contributed by atoms with van der Waals surface area (Å²) in [6.07, 6.45) is 0. The number of carboxylic acids is 1. The Kier molecular flexibility index (Phi) is 4.39. The van der Waals surface area contributed by atoms with Gasteiger partial charge < -0.3 is 14.6 Å². The maximum absolute atomic E-state index is 11.0. The molecule has 108 valence electrons. The van der Waals surface area contributed by atoms with E-state index in [1.807, 2.05) is 13.0 Å². The van der Waals surface area contributed by atoms with Gasteiger partial charge in [0.2, 0.25) is 0 Å². The summed E-state index contributed by atoms with van der Waals surface area (Å²) >= 11 is 0. The second kappa shape index (κ2) is 6.05. The fourth-order valence-electron chi connectivity index (χ4n) is 2.45. The van der Waals surface area contributed by atoms with Crippen LogP contribution < -0.4 is 0 Å². The van der Waals surface area contributed by atoms with Gasteiger partial charge in [-0.25, -0.2) is 9.78 Å². The molecular formula is C15H21N3O2. The van der Waals surface area contributed by atoms with Crippen LogP contribution in [0.5, 0.6) is 0 Å². The van der Waals surface area contributed by atoms with Gasteiger partial charge in [-0.05, 0) is 38.2 Å². The van der Waals surface area contributed by atoms with E-state index >= 15 is 0 Å². The lowest BCUT2D eigenvalue weighted by Gasteiger charge is -2.18. The fraction of sp³-hybridized carbons (Fsp3) is 0.467. The predicted molar refractivity (Wildman–Crippen MR) is 79.2 cm³/mol. The highest BCUT2D eigenvalue weighted by Gasteiger charge is 2.11. The smallest absolute Gasteiger partial charge is 0.335 e. The first-order chi connectivity index (χ1) is 9.56. The van der Waals surface area contributed by atoms with Crippen LogP contribution in [0, 0.1) is 6.92 Å². The molecule has 0 spiro atoms. The minimum absolute atomic E-state index is 0.283. The number of hydrogen-bond donors (Lipinski definition) is 1. The molecule has 0 aliphatic carbocycles. The van der Waals surface area contributed by atoms with Crippen LogP contribution in [0.25, 0.3) is 11.0 Å². The summed E-state index contributed by atoms with van der Waals surface area (Å²) in [5.74, 6) is 0.0111. The molecule has 1 heterocycles. The van der Waals surface area contributed by atoms with Gasteiger partial charge in [-0.3, -0.25) is 0 Å². The van der Waals surface area contributed by atoms with Crippen LogP contribution in [0.3, 0.4) is 0 Å². The van der Waals surface area contributed by atoms with Gasteiger partial charge in [-0.15, -0.1) is 0 Å². The number of fused-ring (bicyclic) bond motifs is 1. The number of rotatable bonds is 6. The van der Waals surface area contributed by atoms with Gasteiger partial charge in [0.25, 0.3) is 0 Å². The Labute approximate surface area is 118 Å². The van der Waals surface area contributed by atoms with E-state index in [1.165, 1.54) is 0 Å². The van der Waals surface area contributed by atoms with E-state index < -0.39 is 5.97 Å². The Morgan fingerprint density at radius 1 is 1.35 bits per heavy atom. The van der Waals surface area contributed by atoms with E-state index in [2.05, 4.69) is 28.3 Å². The van der Waals surface area contributed by atoms with Crippen molar-refractivity contribution in [1.29, 1.82) is 0 Å². The first-order valence-corrected chi connectivity index (χ1v) is 6.99. The highest BCUT2D eigenvalue weighted by Crippen LogP contribution is 2.18. The quantitative estimate of drug-likeness (QED) is 0.879. The Morgan fingerprint density at radius 2 is 2.05 bits per heavy atom. The maximum Gasteiger partial charge on any atom is 0.335 e. The molecule has 5 nitrogen and oxygen atoms in total. The molecule has 0 aliphatic heterocycles. The van der Waals surface area contributed by atoms with E-state index in [9.17, 15) is 4.79 Å². The van der Waals surface area contributed by atoms with Gasteiger partial charge in [0.15, 0.2) is 0 Å². The molecule has 0 aliphatic rings. The number of carbonyl (C=O) groups is 1. The minimum atomic E-state index is -0.915. The van der Waals surface area contributed by atoms with Gasteiger partial charge >= 0.3 is 5.97 Å². The highest BCUT2D eigenvalue weighted by molar-refractivity contribution is 5.92. The summed E-state index contributed by atoms with van der Waals surface area (Å²) < 4.78 is 2.15. The molecule has 1 N–H and O–H groups in total. The number of aromatic carboxylic acids is 1. The Morgan fingerprint density at radius 3 is 2.65 bits per heavy atom. The molecule has 1 aromatic heterocycles. The first-order valence-electron chi connectivity index (χ1n) is 6.99. The van der Waals surface area contributed by atoms with Crippen LogP contribution in [-0.4, -0.2) is 45.2 Å². The SMILES string of the molecule is CCN(CC)CCn1c(C)nc2cc(C(=O)O)ccc21. The van der Waals surface area contributed by atoms with Crippen LogP contribution in [0.15, 0.2) is 18.2 Å². The number of benzene rings is 1. The fourth-order valence-corrected chi connectivity index (χ4v) is 2.45. The van der Waals surface area contributed by atoms with Gasteiger partial charge in [0.1, 0.15) is 5.82 Å². The van der Waals surface area contributed by atoms with E-state index in [0.717, 1.165) is 43.0 Å². The second-order valence-corrected chi connectivity index (χ2v) is 4.85. The lowest BCUT2D eigenvalue weighted by molar-refractivity contribution is 0.0697. The topological polar surface area (TPSA) is 58.4 Å². The third kappa shape index (κ3) is 2.82. The van der Waals surface area contributed by atoms with Crippen molar-refractivity contribution < 1.29 is 9.90 Å². The van der Waals surface area contributed by atoms with E-state index in [4.69, 9.17) is 5.11 Å². The van der Waals surface area contributed by atoms with Crippen molar-refractivity contribution in [3.8, 4) is 0 Å². The van der Waals surface area contributed by atoms with E-state index in [1.54, 1.807) is 12.1 Å². The number of aromatic nitrogens is 2. The number of carboxylic acid groups (broad SMARTS) is 1. The Bertz CT molecular complexity index is 615. The molecule has 0 bridgehead atoms. The summed E-state index contributed by atoms with van der Waals surface area (Å²) in [5, 5.41) is 9.02. The molecule has 5 heteroatoms. The van der Waals surface area contributed by atoms with Gasteiger partial charge in [-0.1, -0.05) is 13.8 Å². The largest absolute Gasteiger partial charge is 0.478 e. The van der Waals surface area contributed by atoms with Crippen LogP contribution in [0.1, 0.15) is 30.0 Å². The van der Waals surface area contributed by atoms with Crippen molar-refractivity contribution in [2.24, 2.45) is 0 Å². The van der Waals surface area contributed by atoms with Crippen molar-refractivity contribution in [2.75, 3.05) is 19.6 Å². The second-order valence-electron chi connectivity index (χ2n) is 4.85. The normalized spacial score (nSPS) is 11.4. The molecule has 0 saturated heterocycles. The first kappa shape index (κ1) is 14.5. The zero-order chi connectivity index (χ0) is 14.7. The van der Waals surface area contributed by atoms with E-state index in [-0.39, 0.29) is 5.56 Å². The molecule has 20 heavy (non-hydrogen) atoms. The predicted octanol–water partition coefficient (Wildman–Crippen LogP) is 2.38. The number of imidazole rings is 1. The number of nitrogens with zero attached hydrogens (tertiary/aromatic N) is 3. The van der Waals surface area contributed by atoms with E-state index in [0.29, 0.717) is 0 Å². The summed E-state index contributed by atoms with van der Waals surface area (Å²) in [6.45, 7) is 10.2. The third-order valence-corrected chi connectivity index (χ3v) is 3.72. The molecule has 0 unspecified atom stereocenters. The molecule has 0 radical (unpaired) electrons. The zero-order valence-corrected chi connectivity index (χ0v) is 12.3. The van der Waals surface area contributed by atoms with Crippen LogP contribution in [0.2, 0.25) is 0 Å². The summed E-state index contributed by atoms with van der Waals surface area (Å²) in [7, 11) is 0. The van der Waals surface area contributed by atoms with Gasteiger partial charge in [-0.2, -0.15) is 0 Å². The van der Waals surface area contributed by atoms with Gasteiger partial charge in [0.05, 0.1) is 16.6 Å². The zero-order valence-electron chi connectivity index (χ0n) is 12.3. The molecule has 2 rings (SSSR count). The Balaban J connectivity index is 2.29. The van der Waals surface area contributed by atoms with Crippen LogP contribution in [-0.2, 0) is 6.54 Å². The highest BCUT2D eigenvalue weighted by atomic mass is 16.4. The molecular weight excluding hydrogens is 254 g/mol. The summed E-state index contributed by atoms with van der Waals surface area (Å²) in [4.78, 5) is 17.8. The summed E-state index contributed by atoms with van der Waals surface area (Å²) in [6, 6.07) is 5.12. The average molecular weight is 275 g/mol. The molecule has 2 aromatic rings. The Hall–Kier alpha value is -1.88. The standard InChI is InChI=1S/C15H21N3O2/c1-4-17(5-2)8-9-18-11(3)16-13-10-12(15(19)20)6-7-14(13)18/h6-7,10H,4-5,8-9H2,1-3H3,(H,19,20). The lowest BCUT2D eigenvalue weighted by atomic mass is 10.2. The monoisotopic (exact) mass is 275 g/mol. The van der Waals surface area contributed by atoms with Crippen molar-refractivity contribution in [1.82, 2.24) is 14.5 Å². The van der Waals surface area contributed by atoms with Crippen molar-refractivity contribution in [3.63, 3.8) is 0 Å². The molecule has 0 fully saturated rings. The lowest BCUT2D eigenvalue weighted by Crippen LogP contribution is -2.27. The van der Waals surface area contributed by atoms with Crippen LogP contribution in [0.4, 0.5) is 0 Å².